The van der Waals surface area contributed by atoms with Crippen molar-refractivity contribution in [3.05, 3.63) is 50.2 Å². The van der Waals surface area contributed by atoms with E-state index >= 15 is 0 Å². The summed E-state index contributed by atoms with van der Waals surface area (Å²) in [5.41, 5.74) is 3.92. The van der Waals surface area contributed by atoms with E-state index in [1.165, 1.54) is 20.9 Å². The summed E-state index contributed by atoms with van der Waals surface area (Å²) in [6.45, 7) is 6.42. The van der Waals surface area contributed by atoms with Crippen molar-refractivity contribution in [1.29, 1.82) is 0 Å². The number of rotatable bonds is 3. The summed E-state index contributed by atoms with van der Waals surface area (Å²) in [7, 11) is 0. The molecule has 21 heavy (non-hydrogen) atoms. The molecule has 2 nitrogen and oxygen atoms in total. The average Bonchev–Trinajstić information content (AvgIpc) is 2.76. The van der Waals surface area contributed by atoms with Crippen LogP contribution < -0.4 is 10.6 Å². The molecule has 1 aromatic heterocycles. The molecule has 1 aromatic carbocycles. The summed E-state index contributed by atoms with van der Waals surface area (Å²) in [6, 6.07) is 8.86. The molecule has 0 aliphatic carbocycles. The monoisotopic (exact) mass is 320 g/mol. The highest BCUT2D eigenvalue weighted by atomic mass is 35.5. The van der Waals surface area contributed by atoms with Crippen LogP contribution in [-0.2, 0) is 12.8 Å². The Morgan fingerprint density at radius 2 is 2.00 bits per heavy atom. The first-order valence-electron chi connectivity index (χ1n) is 7.49. The quantitative estimate of drug-likeness (QED) is 0.865. The summed E-state index contributed by atoms with van der Waals surface area (Å²) in [5, 5.41) is 7.94. The van der Waals surface area contributed by atoms with Crippen molar-refractivity contribution in [3.63, 3.8) is 0 Å². The van der Waals surface area contributed by atoms with Crippen molar-refractivity contribution in [1.82, 2.24) is 5.32 Å². The number of hydrogen-bond acceptors (Lipinski definition) is 3. The fourth-order valence-electron chi connectivity index (χ4n) is 2.87. The fourth-order valence-corrected chi connectivity index (χ4v) is 3.98. The SMILES string of the molecule is Cc1ccc(C(C)Nc2c(Cl)ccc3c2CCNCC3)s1. The maximum Gasteiger partial charge on any atom is 0.0640 e. The topological polar surface area (TPSA) is 24.1 Å². The second-order valence-corrected chi connectivity index (χ2v) is 7.35. The van der Waals surface area contributed by atoms with Crippen LogP contribution in [0.1, 0.15) is 33.8 Å². The molecule has 2 N–H and O–H groups in total. The smallest absolute Gasteiger partial charge is 0.0640 e. The molecule has 0 spiro atoms. The largest absolute Gasteiger partial charge is 0.376 e. The second kappa shape index (κ2) is 6.39. The van der Waals surface area contributed by atoms with Crippen molar-refractivity contribution >= 4 is 28.6 Å². The van der Waals surface area contributed by atoms with Gasteiger partial charge in [0.05, 0.1) is 16.8 Å². The lowest BCUT2D eigenvalue weighted by molar-refractivity contribution is 0.711. The highest BCUT2D eigenvalue weighted by molar-refractivity contribution is 7.12. The van der Waals surface area contributed by atoms with E-state index in [-0.39, 0.29) is 6.04 Å². The van der Waals surface area contributed by atoms with Crippen LogP contribution in [0.25, 0.3) is 0 Å². The van der Waals surface area contributed by atoms with Gasteiger partial charge in [0.1, 0.15) is 0 Å². The number of anilines is 1. The summed E-state index contributed by atoms with van der Waals surface area (Å²) in [5.74, 6) is 0. The van der Waals surface area contributed by atoms with Crippen molar-refractivity contribution in [2.75, 3.05) is 18.4 Å². The number of fused-ring (bicyclic) bond motifs is 1. The van der Waals surface area contributed by atoms with Gasteiger partial charge in [0, 0.05) is 9.75 Å². The van der Waals surface area contributed by atoms with Gasteiger partial charge in [-0.2, -0.15) is 0 Å². The lowest BCUT2D eigenvalue weighted by Crippen LogP contribution is -2.16. The Bertz CT molecular complexity index is 636. The highest BCUT2D eigenvalue weighted by Gasteiger charge is 2.17. The van der Waals surface area contributed by atoms with Crippen LogP contribution in [-0.4, -0.2) is 13.1 Å². The molecule has 2 aromatic rings. The molecule has 2 heterocycles. The normalized spacial score (nSPS) is 16.1. The number of halogens is 1. The number of thiophene rings is 1. The molecule has 1 atom stereocenters. The first-order valence-corrected chi connectivity index (χ1v) is 8.68. The first kappa shape index (κ1) is 14.9. The zero-order valence-corrected chi connectivity index (χ0v) is 14.1. The Hall–Kier alpha value is -1.03. The van der Waals surface area contributed by atoms with Gasteiger partial charge >= 0.3 is 0 Å². The van der Waals surface area contributed by atoms with Crippen LogP contribution in [0.5, 0.6) is 0 Å². The lowest BCUT2D eigenvalue weighted by Gasteiger charge is -2.20. The third kappa shape index (κ3) is 3.25. The number of nitrogens with one attached hydrogen (secondary N) is 2. The maximum atomic E-state index is 6.47. The second-order valence-electron chi connectivity index (χ2n) is 5.62. The highest BCUT2D eigenvalue weighted by Crippen LogP contribution is 2.34. The van der Waals surface area contributed by atoms with Crippen LogP contribution in [0.3, 0.4) is 0 Å². The van der Waals surface area contributed by atoms with Gasteiger partial charge in [-0.25, -0.2) is 0 Å². The van der Waals surface area contributed by atoms with Gasteiger partial charge in [0.2, 0.25) is 0 Å². The Morgan fingerprint density at radius 3 is 2.76 bits per heavy atom. The molecule has 0 saturated heterocycles. The minimum Gasteiger partial charge on any atom is -0.376 e. The molecule has 1 aliphatic rings. The summed E-state index contributed by atoms with van der Waals surface area (Å²) >= 11 is 8.32. The van der Waals surface area contributed by atoms with E-state index in [1.54, 1.807) is 0 Å². The number of benzene rings is 1. The first-order chi connectivity index (χ1) is 10.1. The zero-order chi connectivity index (χ0) is 14.8. The predicted octanol–water partition coefficient (Wildman–Crippen LogP) is 4.57. The van der Waals surface area contributed by atoms with Crippen LogP contribution in [0.2, 0.25) is 5.02 Å². The Labute approximate surface area is 135 Å². The fraction of sp³-hybridized carbons (Fsp3) is 0.412. The van der Waals surface area contributed by atoms with E-state index < -0.39 is 0 Å². The standard InChI is InChI=1S/C17H21ClN2S/c1-11-3-6-16(21-11)12(2)20-17-14-8-10-19-9-7-13(14)4-5-15(17)18/h3-6,12,19-20H,7-10H2,1-2H3. The molecular formula is C17H21ClN2S. The molecule has 0 amide bonds. The summed E-state index contributed by atoms with van der Waals surface area (Å²) < 4.78 is 0. The average molecular weight is 321 g/mol. The van der Waals surface area contributed by atoms with Gasteiger partial charge in [-0.05, 0) is 69.1 Å². The molecule has 112 valence electrons. The molecular weight excluding hydrogens is 300 g/mol. The van der Waals surface area contributed by atoms with Gasteiger partial charge in [0.15, 0.2) is 0 Å². The van der Waals surface area contributed by atoms with E-state index in [4.69, 9.17) is 11.6 Å². The van der Waals surface area contributed by atoms with Gasteiger partial charge in [-0.3, -0.25) is 0 Å². The third-order valence-corrected chi connectivity index (χ3v) is 5.53. The molecule has 0 bridgehead atoms. The van der Waals surface area contributed by atoms with Gasteiger partial charge in [-0.15, -0.1) is 11.3 Å². The Kier molecular flexibility index (Phi) is 4.53. The zero-order valence-electron chi connectivity index (χ0n) is 12.5. The van der Waals surface area contributed by atoms with Crippen molar-refractivity contribution in [3.8, 4) is 0 Å². The maximum absolute atomic E-state index is 6.47. The molecule has 0 fully saturated rings. The number of aryl methyl sites for hydroxylation is 1. The summed E-state index contributed by atoms with van der Waals surface area (Å²) in [4.78, 5) is 2.70. The van der Waals surface area contributed by atoms with E-state index in [0.29, 0.717) is 0 Å². The van der Waals surface area contributed by atoms with E-state index in [1.807, 2.05) is 17.4 Å². The molecule has 3 rings (SSSR count). The minimum atomic E-state index is 0.281. The van der Waals surface area contributed by atoms with E-state index in [2.05, 4.69) is 42.7 Å². The van der Waals surface area contributed by atoms with Gasteiger partial charge in [-0.1, -0.05) is 17.7 Å². The van der Waals surface area contributed by atoms with Crippen molar-refractivity contribution in [2.45, 2.75) is 32.7 Å². The van der Waals surface area contributed by atoms with Crippen LogP contribution in [0, 0.1) is 6.92 Å². The Morgan fingerprint density at radius 1 is 1.19 bits per heavy atom. The van der Waals surface area contributed by atoms with E-state index in [0.717, 1.165) is 36.6 Å². The van der Waals surface area contributed by atoms with E-state index in [9.17, 15) is 0 Å². The van der Waals surface area contributed by atoms with Crippen LogP contribution in [0.4, 0.5) is 5.69 Å². The lowest BCUT2D eigenvalue weighted by atomic mass is 10.0. The third-order valence-electron chi connectivity index (χ3n) is 4.03. The van der Waals surface area contributed by atoms with Crippen molar-refractivity contribution < 1.29 is 0 Å². The van der Waals surface area contributed by atoms with Gasteiger partial charge < -0.3 is 10.6 Å². The Balaban J connectivity index is 1.91. The molecule has 4 heteroatoms. The number of hydrogen-bond donors (Lipinski definition) is 2. The minimum absolute atomic E-state index is 0.281. The molecule has 1 unspecified atom stereocenters. The molecule has 1 aliphatic heterocycles. The molecule has 0 radical (unpaired) electrons. The van der Waals surface area contributed by atoms with Gasteiger partial charge in [0.25, 0.3) is 0 Å². The summed E-state index contributed by atoms with van der Waals surface area (Å²) in [6.07, 6.45) is 2.11. The van der Waals surface area contributed by atoms with Crippen molar-refractivity contribution in [2.24, 2.45) is 0 Å². The predicted molar refractivity (Wildman–Crippen MR) is 92.8 cm³/mol. The van der Waals surface area contributed by atoms with Crippen LogP contribution in [0.15, 0.2) is 24.3 Å². The van der Waals surface area contributed by atoms with Crippen LogP contribution >= 0.6 is 22.9 Å². The molecule has 0 saturated carbocycles.